The van der Waals surface area contributed by atoms with Crippen molar-refractivity contribution in [3.63, 3.8) is 0 Å². The summed E-state index contributed by atoms with van der Waals surface area (Å²) in [5.74, 6) is 0. The SMILES string of the molecule is C/C=C\C/C(CBr)=C1\CC=C(CC)C(C(=C\C)/CBr)=N1.CC. The summed E-state index contributed by atoms with van der Waals surface area (Å²) >= 11 is 7.17. The van der Waals surface area contributed by atoms with E-state index in [1.165, 1.54) is 22.4 Å². The van der Waals surface area contributed by atoms with E-state index in [0.29, 0.717) is 0 Å². The fourth-order valence-electron chi connectivity index (χ4n) is 2.17. The second kappa shape index (κ2) is 13.1. The van der Waals surface area contributed by atoms with E-state index in [9.17, 15) is 0 Å². The number of halogens is 2. The lowest BCUT2D eigenvalue weighted by molar-refractivity contribution is 1.01. The third-order valence-corrected chi connectivity index (χ3v) is 4.72. The highest BCUT2D eigenvalue weighted by atomic mass is 79.9. The molecule has 0 aromatic carbocycles. The van der Waals surface area contributed by atoms with E-state index in [-0.39, 0.29) is 0 Å². The van der Waals surface area contributed by atoms with Crippen molar-refractivity contribution < 1.29 is 0 Å². The molecule has 0 saturated carbocycles. The van der Waals surface area contributed by atoms with Gasteiger partial charge >= 0.3 is 0 Å². The van der Waals surface area contributed by atoms with Gasteiger partial charge in [-0.3, -0.25) is 4.99 Å². The predicted molar refractivity (Wildman–Crippen MR) is 110 cm³/mol. The molecule has 124 valence electrons. The molecule has 0 fully saturated rings. The molecule has 1 aliphatic rings. The average Bonchev–Trinajstić information content (AvgIpc) is 2.58. The minimum atomic E-state index is 0.853. The summed E-state index contributed by atoms with van der Waals surface area (Å²) < 4.78 is 0. The van der Waals surface area contributed by atoms with Crippen molar-refractivity contribution in [2.45, 2.75) is 53.9 Å². The van der Waals surface area contributed by atoms with Gasteiger partial charge in [-0.1, -0.05) is 76.9 Å². The Bertz CT molecular complexity index is 472. The first-order chi connectivity index (χ1) is 10.7. The summed E-state index contributed by atoms with van der Waals surface area (Å²) in [5, 5.41) is 1.74. The normalized spacial score (nSPS) is 17.7. The van der Waals surface area contributed by atoms with Crippen LogP contribution in [0.3, 0.4) is 0 Å². The van der Waals surface area contributed by atoms with Crippen LogP contribution >= 0.6 is 31.9 Å². The van der Waals surface area contributed by atoms with Gasteiger partial charge in [0.1, 0.15) is 0 Å². The van der Waals surface area contributed by atoms with Gasteiger partial charge in [0.05, 0.1) is 5.71 Å². The molecule has 0 radical (unpaired) electrons. The van der Waals surface area contributed by atoms with E-state index < -0.39 is 0 Å². The van der Waals surface area contributed by atoms with Crippen LogP contribution in [-0.4, -0.2) is 16.4 Å². The predicted octanol–water partition coefficient (Wildman–Crippen LogP) is 7.15. The number of hydrogen-bond donors (Lipinski definition) is 0. The summed E-state index contributed by atoms with van der Waals surface area (Å²) in [6.45, 7) is 10.3. The number of nitrogens with zero attached hydrogens (tertiary/aromatic N) is 1. The third-order valence-electron chi connectivity index (χ3n) is 3.44. The number of rotatable bonds is 6. The summed E-state index contributed by atoms with van der Waals surface area (Å²) in [6, 6.07) is 0. The Labute approximate surface area is 153 Å². The highest BCUT2D eigenvalue weighted by Gasteiger charge is 2.16. The maximum atomic E-state index is 4.97. The van der Waals surface area contributed by atoms with E-state index >= 15 is 0 Å². The largest absolute Gasteiger partial charge is 0.253 e. The zero-order valence-electron chi connectivity index (χ0n) is 14.5. The second-order valence-electron chi connectivity index (χ2n) is 4.65. The van der Waals surface area contributed by atoms with Gasteiger partial charge in [0.2, 0.25) is 0 Å². The lowest BCUT2D eigenvalue weighted by Gasteiger charge is -2.19. The molecule has 0 aromatic rings. The van der Waals surface area contributed by atoms with Gasteiger partial charge in [0.25, 0.3) is 0 Å². The molecule has 3 heteroatoms. The van der Waals surface area contributed by atoms with Gasteiger partial charge in [-0.2, -0.15) is 0 Å². The standard InChI is InChI=1S/C17H23Br2N.C2H6/c1-4-7-8-15(12-19)16-10-9-13(5-2)17(20-16)14(6-3)11-18;1-2/h4,6-7,9H,5,8,10-12H2,1-3H3;1-2H3/b7-4-,14-6-,16-15-;. The molecular formula is C19H29Br2N. The van der Waals surface area contributed by atoms with Gasteiger partial charge in [0.15, 0.2) is 0 Å². The molecule has 0 bridgehead atoms. The molecule has 1 nitrogen and oxygen atoms in total. The number of dihydropyridines is 1. The summed E-state index contributed by atoms with van der Waals surface area (Å²) in [4.78, 5) is 4.97. The van der Waals surface area contributed by atoms with E-state index in [1.807, 2.05) is 13.8 Å². The Hall–Kier alpha value is -0.410. The topological polar surface area (TPSA) is 12.4 Å². The monoisotopic (exact) mass is 429 g/mol. The minimum Gasteiger partial charge on any atom is -0.253 e. The van der Waals surface area contributed by atoms with Crippen molar-refractivity contribution in [2.75, 3.05) is 10.7 Å². The van der Waals surface area contributed by atoms with E-state index in [2.05, 4.69) is 76.9 Å². The lowest BCUT2D eigenvalue weighted by atomic mass is 9.95. The smallest absolute Gasteiger partial charge is 0.0699 e. The van der Waals surface area contributed by atoms with Crippen molar-refractivity contribution >= 4 is 37.6 Å². The highest BCUT2D eigenvalue weighted by Crippen LogP contribution is 2.27. The van der Waals surface area contributed by atoms with Crippen molar-refractivity contribution in [1.82, 2.24) is 0 Å². The van der Waals surface area contributed by atoms with Gasteiger partial charge in [0, 0.05) is 22.8 Å². The maximum Gasteiger partial charge on any atom is 0.0699 e. The van der Waals surface area contributed by atoms with Gasteiger partial charge in [-0.15, -0.1) is 0 Å². The molecule has 0 N–H and O–H groups in total. The number of hydrogen-bond acceptors (Lipinski definition) is 1. The molecule has 0 unspecified atom stereocenters. The number of alkyl halides is 2. The summed E-state index contributed by atoms with van der Waals surface area (Å²) in [6.07, 6.45) is 11.7. The third kappa shape index (κ3) is 6.37. The Morgan fingerprint density at radius 2 is 1.91 bits per heavy atom. The van der Waals surface area contributed by atoms with E-state index in [0.717, 1.165) is 35.6 Å². The second-order valence-corrected chi connectivity index (χ2v) is 5.77. The molecule has 0 amide bonds. The van der Waals surface area contributed by atoms with E-state index in [4.69, 9.17) is 4.99 Å². The molecule has 0 atom stereocenters. The minimum absolute atomic E-state index is 0.853. The number of allylic oxidation sites excluding steroid dienone is 7. The molecule has 0 aliphatic carbocycles. The molecule has 0 spiro atoms. The van der Waals surface area contributed by atoms with Crippen LogP contribution in [0.4, 0.5) is 0 Å². The van der Waals surface area contributed by atoms with Crippen LogP contribution in [0.25, 0.3) is 0 Å². The first kappa shape index (κ1) is 21.6. The molecular weight excluding hydrogens is 402 g/mol. The van der Waals surface area contributed by atoms with Crippen LogP contribution in [0.15, 0.2) is 51.7 Å². The molecule has 1 rings (SSSR count). The fraction of sp³-hybridized carbons (Fsp3) is 0.526. The Kier molecular flexibility index (Phi) is 12.8. The van der Waals surface area contributed by atoms with Crippen LogP contribution in [-0.2, 0) is 0 Å². The average molecular weight is 431 g/mol. The molecule has 1 aliphatic heterocycles. The fourth-order valence-corrected chi connectivity index (χ4v) is 3.31. The van der Waals surface area contributed by atoms with Crippen molar-refractivity contribution in [3.05, 3.63) is 46.7 Å². The first-order valence-electron chi connectivity index (χ1n) is 8.09. The quantitative estimate of drug-likeness (QED) is 0.313. The Balaban J connectivity index is 0.00000211. The van der Waals surface area contributed by atoms with Crippen LogP contribution in [0.5, 0.6) is 0 Å². The Morgan fingerprint density at radius 1 is 1.23 bits per heavy atom. The van der Waals surface area contributed by atoms with Crippen molar-refractivity contribution in [3.8, 4) is 0 Å². The lowest BCUT2D eigenvalue weighted by Crippen LogP contribution is -2.12. The van der Waals surface area contributed by atoms with Gasteiger partial charge in [-0.25, -0.2) is 0 Å². The summed E-state index contributed by atoms with van der Waals surface area (Å²) in [5.41, 5.74) is 6.38. The highest BCUT2D eigenvalue weighted by molar-refractivity contribution is 9.09. The van der Waals surface area contributed by atoms with Gasteiger partial charge in [-0.05, 0) is 43.4 Å². The van der Waals surface area contributed by atoms with Crippen molar-refractivity contribution in [2.24, 2.45) is 4.99 Å². The zero-order valence-corrected chi connectivity index (χ0v) is 17.7. The van der Waals surface area contributed by atoms with E-state index in [1.54, 1.807) is 0 Å². The molecule has 22 heavy (non-hydrogen) atoms. The first-order valence-corrected chi connectivity index (χ1v) is 10.3. The molecule has 0 aromatic heterocycles. The van der Waals surface area contributed by atoms with Crippen LogP contribution in [0.1, 0.15) is 53.9 Å². The van der Waals surface area contributed by atoms with Crippen LogP contribution < -0.4 is 0 Å². The zero-order chi connectivity index (χ0) is 17.0. The van der Waals surface area contributed by atoms with Crippen LogP contribution in [0.2, 0.25) is 0 Å². The molecule has 1 heterocycles. The van der Waals surface area contributed by atoms with Crippen molar-refractivity contribution in [1.29, 1.82) is 0 Å². The van der Waals surface area contributed by atoms with Gasteiger partial charge < -0.3 is 0 Å². The Morgan fingerprint density at radius 3 is 2.36 bits per heavy atom. The van der Waals surface area contributed by atoms with Crippen LogP contribution in [0, 0.1) is 0 Å². The maximum absolute atomic E-state index is 4.97. The number of aliphatic imine (C=N–C) groups is 1. The molecule has 0 saturated heterocycles. The summed E-state index contributed by atoms with van der Waals surface area (Å²) in [7, 11) is 0.